The number of hydrogen-bond acceptors (Lipinski definition) is 3. The van der Waals surface area contributed by atoms with E-state index in [0.717, 1.165) is 37.8 Å². The fourth-order valence-electron chi connectivity index (χ4n) is 2.37. The average molecular weight is 335 g/mol. The summed E-state index contributed by atoms with van der Waals surface area (Å²) in [4.78, 5) is 8.49. The van der Waals surface area contributed by atoms with Crippen LogP contribution < -0.4 is 10.6 Å². The summed E-state index contributed by atoms with van der Waals surface area (Å²) in [5.41, 5.74) is 1.00. The maximum atomic E-state index is 5.67. The zero-order valence-corrected chi connectivity index (χ0v) is 15.4. The lowest BCUT2D eigenvalue weighted by molar-refractivity contribution is 0.128. The van der Waals surface area contributed by atoms with E-state index in [1.807, 2.05) is 18.2 Å². The molecule has 0 bridgehead atoms. The fraction of sp³-hybridized carbons (Fsp3) is 0.684. The molecule has 0 spiro atoms. The number of aromatic nitrogens is 1. The zero-order chi connectivity index (χ0) is 17.3. The summed E-state index contributed by atoms with van der Waals surface area (Å²) in [6.45, 7) is 5.48. The largest absolute Gasteiger partial charge is 0.381 e. The lowest BCUT2D eigenvalue weighted by atomic mass is 10.1. The van der Waals surface area contributed by atoms with Gasteiger partial charge in [-0.25, -0.2) is 0 Å². The Morgan fingerprint density at radius 2 is 1.83 bits per heavy atom. The van der Waals surface area contributed by atoms with Crippen molar-refractivity contribution in [3.63, 3.8) is 0 Å². The first-order valence-corrected chi connectivity index (χ1v) is 9.29. The second kappa shape index (κ2) is 14.9. The molecule has 5 heteroatoms. The molecule has 0 radical (unpaired) electrons. The van der Waals surface area contributed by atoms with E-state index in [2.05, 4.69) is 27.5 Å². The molecule has 24 heavy (non-hydrogen) atoms. The average Bonchev–Trinajstić information content (AvgIpc) is 2.63. The summed E-state index contributed by atoms with van der Waals surface area (Å²) in [5, 5.41) is 6.55. The minimum atomic E-state index is 0.676. The number of nitrogens with zero attached hydrogens (tertiary/aromatic N) is 2. The number of nitrogens with one attached hydrogen (secondary N) is 2. The number of hydrogen-bond donors (Lipinski definition) is 2. The quantitative estimate of drug-likeness (QED) is 0.329. The molecule has 0 atom stereocenters. The third-order valence-corrected chi connectivity index (χ3v) is 3.79. The Morgan fingerprint density at radius 3 is 2.58 bits per heavy atom. The molecule has 0 fully saturated rings. The highest BCUT2D eigenvalue weighted by molar-refractivity contribution is 5.79. The van der Waals surface area contributed by atoms with Gasteiger partial charge in [-0.15, -0.1) is 0 Å². The van der Waals surface area contributed by atoms with Crippen molar-refractivity contribution in [2.75, 3.05) is 26.8 Å². The molecule has 2 N–H and O–H groups in total. The normalized spacial score (nSPS) is 11.5. The second-order valence-corrected chi connectivity index (χ2v) is 5.91. The van der Waals surface area contributed by atoms with Gasteiger partial charge in [-0.3, -0.25) is 9.98 Å². The molecule has 0 aliphatic carbocycles. The highest BCUT2D eigenvalue weighted by atomic mass is 16.5. The summed E-state index contributed by atoms with van der Waals surface area (Å²) in [6, 6.07) is 5.90. The van der Waals surface area contributed by atoms with Gasteiger partial charge in [0.25, 0.3) is 0 Å². The Bertz CT molecular complexity index is 423. The van der Waals surface area contributed by atoms with Crippen molar-refractivity contribution in [1.82, 2.24) is 15.6 Å². The van der Waals surface area contributed by atoms with Gasteiger partial charge in [-0.2, -0.15) is 0 Å². The van der Waals surface area contributed by atoms with Gasteiger partial charge in [0, 0.05) is 33.0 Å². The molecule has 0 saturated carbocycles. The topological polar surface area (TPSA) is 58.5 Å². The lowest BCUT2D eigenvalue weighted by Crippen LogP contribution is -2.37. The van der Waals surface area contributed by atoms with Crippen LogP contribution in [-0.4, -0.2) is 37.7 Å². The van der Waals surface area contributed by atoms with Gasteiger partial charge in [-0.05, 0) is 25.0 Å². The van der Waals surface area contributed by atoms with Crippen LogP contribution in [0.3, 0.4) is 0 Å². The molecule has 5 nitrogen and oxygen atoms in total. The van der Waals surface area contributed by atoms with Crippen LogP contribution in [0.4, 0.5) is 0 Å². The smallest absolute Gasteiger partial charge is 0.191 e. The van der Waals surface area contributed by atoms with E-state index in [4.69, 9.17) is 4.74 Å². The van der Waals surface area contributed by atoms with Gasteiger partial charge in [0.1, 0.15) is 0 Å². The number of aliphatic imine (C=N–C) groups is 1. The predicted octanol–water partition coefficient (Wildman–Crippen LogP) is 3.51. The summed E-state index contributed by atoms with van der Waals surface area (Å²) in [7, 11) is 1.78. The highest BCUT2D eigenvalue weighted by Gasteiger charge is 1.98. The predicted molar refractivity (Wildman–Crippen MR) is 101 cm³/mol. The lowest BCUT2D eigenvalue weighted by Gasteiger charge is -2.11. The first-order valence-electron chi connectivity index (χ1n) is 9.29. The first kappa shape index (κ1) is 20.4. The molecule has 1 heterocycles. The molecule has 1 aromatic heterocycles. The zero-order valence-electron chi connectivity index (χ0n) is 15.4. The van der Waals surface area contributed by atoms with E-state index >= 15 is 0 Å². The summed E-state index contributed by atoms with van der Waals surface area (Å²) < 4.78 is 5.67. The minimum Gasteiger partial charge on any atom is -0.381 e. The molecule has 0 aromatic carbocycles. The Labute approximate surface area is 147 Å². The maximum absolute atomic E-state index is 5.67. The van der Waals surface area contributed by atoms with Crippen LogP contribution in [-0.2, 0) is 11.3 Å². The molecule has 0 amide bonds. The van der Waals surface area contributed by atoms with Gasteiger partial charge < -0.3 is 15.4 Å². The van der Waals surface area contributed by atoms with E-state index in [1.54, 1.807) is 13.2 Å². The van der Waals surface area contributed by atoms with E-state index in [9.17, 15) is 0 Å². The minimum absolute atomic E-state index is 0.676. The van der Waals surface area contributed by atoms with Gasteiger partial charge in [0.15, 0.2) is 5.96 Å². The third kappa shape index (κ3) is 11.0. The number of ether oxygens (including phenoxy) is 1. The van der Waals surface area contributed by atoms with Crippen molar-refractivity contribution in [2.45, 2.75) is 58.4 Å². The van der Waals surface area contributed by atoms with Gasteiger partial charge in [-0.1, -0.05) is 45.1 Å². The molecule has 1 rings (SSSR count). The Hall–Kier alpha value is -1.62. The number of unbranched alkanes of at least 4 members (excludes halogenated alkanes) is 5. The second-order valence-electron chi connectivity index (χ2n) is 5.91. The van der Waals surface area contributed by atoms with E-state index in [-0.39, 0.29) is 0 Å². The van der Waals surface area contributed by atoms with E-state index < -0.39 is 0 Å². The summed E-state index contributed by atoms with van der Waals surface area (Å²) >= 11 is 0. The molecule has 0 aliphatic rings. The summed E-state index contributed by atoms with van der Waals surface area (Å²) in [6.07, 6.45) is 10.6. The molecular formula is C19H34N4O. The van der Waals surface area contributed by atoms with Crippen LogP contribution in [0.25, 0.3) is 0 Å². The van der Waals surface area contributed by atoms with Crippen LogP contribution in [0, 0.1) is 0 Å². The molecule has 1 aromatic rings. The van der Waals surface area contributed by atoms with Crippen molar-refractivity contribution in [1.29, 1.82) is 0 Å². The SMILES string of the molecule is CCCCCCCCOCCCNC(=NC)NCc1ccccn1. The van der Waals surface area contributed by atoms with E-state index in [0.29, 0.717) is 6.54 Å². The van der Waals surface area contributed by atoms with Crippen LogP contribution in [0.1, 0.15) is 57.6 Å². The van der Waals surface area contributed by atoms with Crippen molar-refractivity contribution >= 4 is 5.96 Å². The molecule has 136 valence electrons. The van der Waals surface area contributed by atoms with Crippen LogP contribution in [0.2, 0.25) is 0 Å². The third-order valence-electron chi connectivity index (χ3n) is 3.79. The van der Waals surface area contributed by atoms with Gasteiger partial charge >= 0.3 is 0 Å². The standard InChI is InChI=1S/C19H34N4O/c1-3-4-5-6-7-10-15-24-16-11-14-22-19(20-2)23-17-18-12-8-9-13-21-18/h8-9,12-13H,3-7,10-11,14-17H2,1-2H3,(H2,20,22,23). The summed E-state index contributed by atoms with van der Waals surface area (Å²) in [5.74, 6) is 0.802. The maximum Gasteiger partial charge on any atom is 0.191 e. The van der Waals surface area contributed by atoms with Crippen molar-refractivity contribution in [3.05, 3.63) is 30.1 Å². The number of rotatable bonds is 13. The molecule has 0 unspecified atom stereocenters. The van der Waals surface area contributed by atoms with E-state index in [1.165, 1.54) is 38.5 Å². The first-order chi connectivity index (χ1) is 11.9. The van der Waals surface area contributed by atoms with Crippen LogP contribution in [0.15, 0.2) is 29.4 Å². The van der Waals surface area contributed by atoms with Crippen molar-refractivity contribution in [3.8, 4) is 0 Å². The van der Waals surface area contributed by atoms with Gasteiger partial charge in [0.05, 0.1) is 12.2 Å². The fourth-order valence-corrected chi connectivity index (χ4v) is 2.37. The van der Waals surface area contributed by atoms with Crippen molar-refractivity contribution < 1.29 is 4.74 Å². The Balaban J connectivity index is 1.93. The van der Waals surface area contributed by atoms with Crippen LogP contribution in [0.5, 0.6) is 0 Å². The Morgan fingerprint density at radius 1 is 1.04 bits per heavy atom. The Kier molecular flexibility index (Phi) is 12.7. The highest BCUT2D eigenvalue weighted by Crippen LogP contribution is 2.04. The molecule has 0 aliphatic heterocycles. The van der Waals surface area contributed by atoms with Crippen LogP contribution >= 0.6 is 0 Å². The number of guanidine groups is 1. The number of pyridine rings is 1. The molecular weight excluding hydrogens is 300 g/mol. The van der Waals surface area contributed by atoms with Gasteiger partial charge in [0.2, 0.25) is 0 Å². The molecule has 0 saturated heterocycles. The monoisotopic (exact) mass is 334 g/mol. The van der Waals surface area contributed by atoms with Crippen molar-refractivity contribution in [2.24, 2.45) is 4.99 Å².